The molecule has 0 amide bonds. The maximum absolute atomic E-state index is 3.69. The van der Waals surface area contributed by atoms with Gasteiger partial charge in [-0.05, 0) is 26.6 Å². The van der Waals surface area contributed by atoms with Gasteiger partial charge in [-0.3, -0.25) is 4.90 Å². The van der Waals surface area contributed by atoms with E-state index in [9.17, 15) is 0 Å². The lowest BCUT2D eigenvalue weighted by molar-refractivity contribution is 0.0720. The maximum atomic E-state index is 3.69. The second-order valence-corrected chi connectivity index (χ2v) is 5.28. The first-order valence-corrected chi connectivity index (χ1v) is 6.72. The van der Waals surface area contributed by atoms with E-state index < -0.39 is 0 Å². The van der Waals surface area contributed by atoms with E-state index in [1.54, 1.807) is 0 Å². The van der Waals surface area contributed by atoms with Crippen molar-refractivity contribution in [2.24, 2.45) is 5.92 Å². The van der Waals surface area contributed by atoms with Crippen LogP contribution in [0.3, 0.4) is 0 Å². The predicted molar refractivity (Wildman–Crippen MR) is 70.8 cm³/mol. The van der Waals surface area contributed by atoms with Crippen LogP contribution in [0.15, 0.2) is 0 Å². The van der Waals surface area contributed by atoms with E-state index in [2.05, 4.69) is 50.0 Å². The van der Waals surface area contributed by atoms with Crippen LogP contribution in [-0.2, 0) is 0 Å². The molecule has 0 aromatic heterocycles. The Hall–Kier alpha value is -0.120. The summed E-state index contributed by atoms with van der Waals surface area (Å²) < 4.78 is 0. The van der Waals surface area contributed by atoms with Gasteiger partial charge >= 0.3 is 0 Å². The highest BCUT2D eigenvalue weighted by Gasteiger charge is 2.31. The third kappa shape index (κ3) is 3.44. The van der Waals surface area contributed by atoms with Crippen molar-refractivity contribution in [1.29, 1.82) is 0 Å². The molecule has 0 saturated carbocycles. The minimum absolute atomic E-state index is 0.628. The minimum atomic E-state index is 0.628. The molecule has 0 bridgehead atoms. The van der Waals surface area contributed by atoms with Crippen LogP contribution in [0.4, 0.5) is 0 Å². The summed E-state index contributed by atoms with van der Waals surface area (Å²) in [5, 5.41) is 3.69. The molecule has 96 valence electrons. The molecule has 0 aromatic rings. The summed E-state index contributed by atoms with van der Waals surface area (Å²) in [5.74, 6) is 0.749. The average molecular weight is 227 g/mol. The number of likely N-dealkylation sites (N-methyl/N-ethyl adjacent to an activating group) is 3. The normalized spacial score (nSPS) is 27.9. The third-order valence-corrected chi connectivity index (χ3v) is 4.01. The minimum Gasteiger partial charge on any atom is -0.312 e. The molecule has 1 N–H and O–H groups in total. The Bertz CT molecular complexity index is 192. The monoisotopic (exact) mass is 227 g/mol. The zero-order chi connectivity index (χ0) is 12.1. The molecule has 1 fully saturated rings. The lowest BCUT2D eigenvalue weighted by atomic mass is 9.90. The number of hydrogen-bond acceptors (Lipinski definition) is 3. The molecule has 0 radical (unpaired) electrons. The smallest absolute Gasteiger partial charge is 0.0376 e. The molecule has 1 saturated heterocycles. The lowest BCUT2D eigenvalue weighted by Gasteiger charge is -2.44. The number of rotatable bonds is 5. The van der Waals surface area contributed by atoms with Gasteiger partial charge in [-0.15, -0.1) is 0 Å². The van der Waals surface area contributed by atoms with Crippen LogP contribution in [0.1, 0.15) is 27.2 Å². The van der Waals surface area contributed by atoms with Gasteiger partial charge in [0.05, 0.1) is 0 Å². The third-order valence-electron chi connectivity index (χ3n) is 4.01. The molecule has 0 spiro atoms. The first kappa shape index (κ1) is 13.9. The second-order valence-electron chi connectivity index (χ2n) is 5.28. The summed E-state index contributed by atoms with van der Waals surface area (Å²) in [4.78, 5) is 4.98. The van der Waals surface area contributed by atoms with Gasteiger partial charge in [0.25, 0.3) is 0 Å². The van der Waals surface area contributed by atoms with Crippen LogP contribution in [0.2, 0.25) is 0 Å². The summed E-state index contributed by atoms with van der Waals surface area (Å²) in [6.07, 6.45) is 1.26. The SMILES string of the molecule is CCNC(C(C)CC)C1CN(C)CCN1C. The van der Waals surface area contributed by atoms with Gasteiger partial charge in [-0.1, -0.05) is 27.2 Å². The molecule has 3 nitrogen and oxygen atoms in total. The fourth-order valence-corrected chi connectivity index (χ4v) is 2.64. The molecule has 3 heteroatoms. The van der Waals surface area contributed by atoms with Crippen LogP contribution in [-0.4, -0.2) is 62.2 Å². The largest absolute Gasteiger partial charge is 0.312 e. The van der Waals surface area contributed by atoms with Crippen LogP contribution >= 0.6 is 0 Å². The maximum Gasteiger partial charge on any atom is 0.0376 e. The Balaban J connectivity index is 2.66. The van der Waals surface area contributed by atoms with E-state index in [0.717, 1.165) is 12.5 Å². The van der Waals surface area contributed by atoms with Crippen molar-refractivity contribution < 1.29 is 0 Å². The van der Waals surface area contributed by atoms with Crippen LogP contribution in [0.25, 0.3) is 0 Å². The molecule has 16 heavy (non-hydrogen) atoms. The molecular weight excluding hydrogens is 198 g/mol. The van der Waals surface area contributed by atoms with Crippen LogP contribution in [0.5, 0.6) is 0 Å². The van der Waals surface area contributed by atoms with E-state index in [1.807, 2.05) is 0 Å². The van der Waals surface area contributed by atoms with E-state index in [-0.39, 0.29) is 0 Å². The van der Waals surface area contributed by atoms with Crippen molar-refractivity contribution in [2.75, 3.05) is 40.3 Å². The predicted octanol–water partition coefficient (Wildman–Crippen LogP) is 1.26. The first-order chi connectivity index (χ1) is 7.60. The molecule has 1 heterocycles. The molecule has 1 aliphatic heterocycles. The number of piperazine rings is 1. The number of hydrogen-bond donors (Lipinski definition) is 1. The van der Waals surface area contributed by atoms with Gasteiger partial charge in [0, 0.05) is 31.7 Å². The Labute approximate surface area is 101 Å². The second kappa shape index (κ2) is 6.58. The Morgan fingerprint density at radius 2 is 1.94 bits per heavy atom. The van der Waals surface area contributed by atoms with Crippen molar-refractivity contribution >= 4 is 0 Å². The number of nitrogens with one attached hydrogen (secondary N) is 1. The zero-order valence-corrected chi connectivity index (χ0v) is 11.7. The molecule has 3 unspecified atom stereocenters. The van der Waals surface area contributed by atoms with Crippen molar-refractivity contribution in [2.45, 2.75) is 39.3 Å². The molecule has 1 aliphatic rings. The van der Waals surface area contributed by atoms with E-state index in [0.29, 0.717) is 12.1 Å². The molecule has 0 aromatic carbocycles. The van der Waals surface area contributed by atoms with Gasteiger partial charge in [0.15, 0.2) is 0 Å². The van der Waals surface area contributed by atoms with E-state index in [1.165, 1.54) is 26.1 Å². The van der Waals surface area contributed by atoms with Crippen molar-refractivity contribution in [3.8, 4) is 0 Å². The summed E-state index contributed by atoms with van der Waals surface area (Å²) in [6.45, 7) is 11.5. The lowest BCUT2D eigenvalue weighted by Crippen LogP contribution is -2.60. The number of nitrogens with zero attached hydrogens (tertiary/aromatic N) is 2. The molecular formula is C13H29N3. The summed E-state index contributed by atoms with van der Waals surface area (Å²) in [6, 6.07) is 1.29. The van der Waals surface area contributed by atoms with Crippen LogP contribution in [0, 0.1) is 5.92 Å². The summed E-state index contributed by atoms with van der Waals surface area (Å²) >= 11 is 0. The summed E-state index contributed by atoms with van der Waals surface area (Å²) in [7, 11) is 4.50. The van der Waals surface area contributed by atoms with Gasteiger partial charge in [0.2, 0.25) is 0 Å². The standard InChI is InChI=1S/C13H29N3/c1-6-11(3)13(14-7-2)12-10-15(4)8-9-16(12)5/h11-14H,6-10H2,1-5H3. The summed E-state index contributed by atoms with van der Waals surface area (Å²) in [5.41, 5.74) is 0. The van der Waals surface area contributed by atoms with Gasteiger partial charge in [-0.2, -0.15) is 0 Å². The Morgan fingerprint density at radius 1 is 1.25 bits per heavy atom. The average Bonchev–Trinajstić information content (AvgIpc) is 2.28. The first-order valence-electron chi connectivity index (χ1n) is 6.72. The van der Waals surface area contributed by atoms with Crippen molar-refractivity contribution in [1.82, 2.24) is 15.1 Å². The molecule has 1 rings (SSSR count). The van der Waals surface area contributed by atoms with Gasteiger partial charge in [0.1, 0.15) is 0 Å². The highest BCUT2D eigenvalue weighted by atomic mass is 15.3. The highest BCUT2D eigenvalue weighted by molar-refractivity contribution is 4.91. The topological polar surface area (TPSA) is 18.5 Å². The highest BCUT2D eigenvalue weighted by Crippen LogP contribution is 2.18. The van der Waals surface area contributed by atoms with Gasteiger partial charge in [-0.25, -0.2) is 0 Å². The molecule has 0 aliphatic carbocycles. The molecule has 3 atom stereocenters. The zero-order valence-electron chi connectivity index (χ0n) is 11.7. The Morgan fingerprint density at radius 3 is 2.50 bits per heavy atom. The van der Waals surface area contributed by atoms with Crippen LogP contribution < -0.4 is 5.32 Å². The quantitative estimate of drug-likeness (QED) is 0.763. The fourth-order valence-electron chi connectivity index (χ4n) is 2.64. The Kier molecular flexibility index (Phi) is 5.73. The fraction of sp³-hybridized carbons (Fsp3) is 1.00. The van der Waals surface area contributed by atoms with E-state index >= 15 is 0 Å². The van der Waals surface area contributed by atoms with E-state index in [4.69, 9.17) is 0 Å². The van der Waals surface area contributed by atoms with Crippen molar-refractivity contribution in [3.05, 3.63) is 0 Å². The van der Waals surface area contributed by atoms with Crippen molar-refractivity contribution in [3.63, 3.8) is 0 Å². The van der Waals surface area contributed by atoms with Gasteiger partial charge < -0.3 is 10.2 Å².